The van der Waals surface area contributed by atoms with E-state index < -0.39 is 5.92 Å². The van der Waals surface area contributed by atoms with Crippen molar-refractivity contribution in [2.24, 2.45) is 11.3 Å². The summed E-state index contributed by atoms with van der Waals surface area (Å²) < 4.78 is 25.4. The van der Waals surface area contributed by atoms with E-state index in [0.717, 1.165) is 19.3 Å². The highest BCUT2D eigenvalue weighted by atomic mass is 19.3. The standard InChI is InChI=1S/C11H20F2/c1-4-6-10(3,5-2)9-7-11(12,13)8-9/h9H,4-8H2,1-3H3. The molecule has 1 saturated carbocycles. The molecule has 1 atom stereocenters. The van der Waals surface area contributed by atoms with Crippen LogP contribution in [0.4, 0.5) is 8.78 Å². The van der Waals surface area contributed by atoms with Gasteiger partial charge in [-0.3, -0.25) is 0 Å². The van der Waals surface area contributed by atoms with E-state index in [0.29, 0.717) is 0 Å². The molecule has 1 rings (SSSR count). The van der Waals surface area contributed by atoms with E-state index in [1.807, 2.05) is 0 Å². The minimum absolute atomic E-state index is 0.122. The van der Waals surface area contributed by atoms with Crippen LogP contribution in [0.25, 0.3) is 0 Å². The number of rotatable bonds is 4. The summed E-state index contributed by atoms with van der Waals surface area (Å²) in [6.07, 6.45) is 3.47. The number of alkyl halides is 2. The fraction of sp³-hybridized carbons (Fsp3) is 1.00. The van der Waals surface area contributed by atoms with Crippen LogP contribution >= 0.6 is 0 Å². The molecule has 1 aliphatic carbocycles. The van der Waals surface area contributed by atoms with Crippen molar-refractivity contribution in [1.82, 2.24) is 0 Å². The summed E-state index contributed by atoms with van der Waals surface area (Å²) in [6, 6.07) is 0. The van der Waals surface area contributed by atoms with Gasteiger partial charge in [0.2, 0.25) is 5.92 Å². The van der Waals surface area contributed by atoms with Crippen LogP contribution in [0, 0.1) is 11.3 Å². The first-order chi connectivity index (χ1) is 5.93. The Balaban J connectivity index is 2.50. The normalized spacial score (nSPS) is 26.5. The summed E-state index contributed by atoms with van der Waals surface area (Å²) in [5.41, 5.74) is 0.163. The molecule has 0 aromatic carbocycles. The lowest BCUT2D eigenvalue weighted by molar-refractivity contribution is -0.147. The molecule has 0 aromatic heterocycles. The molecular formula is C11H20F2. The molecule has 1 aliphatic rings. The van der Waals surface area contributed by atoms with Gasteiger partial charge in [-0.1, -0.05) is 33.6 Å². The summed E-state index contributed by atoms with van der Waals surface area (Å²) in [7, 11) is 0. The third-order valence-electron chi connectivity index (χ3n) is 3.70. The quantitative estimate of drug-likeness (QED) is 0.621. The van der Waals surface area contributed by atoms with E-state index in [2.05, 4.69) is 20.8 Å². The maximum absolute atomic E-state index is 12.7. The highest BCUT2D eigenvalue weighted by Gasteiger charge is 2.51. The monoisotopic (exact) mass is 190 g/mol. The molecule has 1 fully saturated rings. The van der Waals surface area contributed by atoms with Crippen LogP contribution in [0.2, 0.25) is 0 Å². The summed E-state index contributed by atoms with van der Waals surface area (Å²) in [5.74, 6) is -2.10. The van der Waals surface area contributed by atoms with Gasteiger partial charge in [0.1, 0.15) is 0 Å². The van der Waals surface area contributed by atoms with Crippen LogP contribution < -0.4 is 0 Å². The summed E-state index contributed by atoms with van der Waals surface area (Å²) >= 11 is 0. The molecule has 0 radical (unpaired) electrons. The fourth-order valence-electron chi connectivity index (χ4n) is 2.39. The van der Waals surface area contributed by atoms with Crippen LogP contribution in [0.3, 0.4) is 0 Å². The van der Waals surface area contributed by atoms with Crippen LogP contribution in [0.15, 0.2) is 0 Å². The molecule has 0 bridgehead atoms. The molecule has 0 aromatic rings. The Morgan fingerprint density at radius 3 is 2.15 bits per heavy atom. The van der Waals surface area contributed by atoms with Gasteiger partial charge in [-0.25, -0.2) is 8.78 Å². The lowest BCUT2D eigenvalue weighted by Gasteiger charge is -2.46. The first-order valence-corrected chi connectivity index (χ1v) is 5.31. The minimum atomic E-state index is -2.35. The van der Waals surface area contributed by atoms with Gasteiger partial charge in [-0.15, -0.1) is 0 Å². The molecule has 0 N–H and O–H groups in total. The van der Waals surface area contributed by atoms with E-state index in [9.17, 15) is 8.78 Å². The maximum atomic E-state index is 12.7. The van der Waals surface area contributed by atoms with E-state index >= 15 is 0 Å². The Morgan fingerprint density at radius 2 is 1.85 bits per heavy atom. The smallest absolute Gasteiger partial charge is 0.207 e. The van der Waals surface area contributed by atoms with Crippen molar-refractivity contribution in [2.45, 2.75) is 58.8 Å². The lowest BCUT2D eigenvalue weighted by atomic mass is 9.61. The predicted molar refractivity (Wildman–Crippen MR) is 51.0 cm³/mol. The van der Waals surface area contributed by atoms with Crippen molar-refractivity contribution in [3.8, 4) is 0 Å². The molecule has 0 spiro atoms. The van der Waals surface area contributed by atoms with Gasteiger partial charge in [-0.05, 0) is 17.8 Å². The van der Waals surface area contributed by atoms with E-state index in [-0.39, 0.29) is 24.2 Å². The summed E-state index contributed by atoms with van der Waals surface area (Å²) in [5, 5.41) is 0. The van der Waals surface area contributed by atoms with Gasteiger partial charge in [0.15, 0.2) is 0 Å². The van der Waals surface area contributed by atoms with Crippen LogP contribution in [-0.4, -0.2) is 5.92 Å². The van der Waals surface area contributed by atoms with Crippen LogP contribution in [0.5, 0.6) is 0 Å². The zero-order chi connectivity index (χ0) is 10.1. The van der Waals surface area contributed by atoms with E-state index in [1.165, 1.54) is 0 Å². The fourth-order valence-corrected chi connectivity index (χ4v) is 2.39. The minimum Gasteiger partial charge on any atom is -0.207 e. The second-order valence-corrected chi connectivity index (χ2v) is 4.72. The van der Waals surface area contributed by atoms with Gasteiger partial charge in [0.05, 0.1) is 0 Å². The van der Waals surface area contributed by atoms with Gasteiger partial charge < -0.3 is 0 Å². The molecule has 0 heterocycles. The Kier molecular flexibility index (Phi) is 2.98. The first-order valence-electron chi connectivity index (χ1n) is 5.31. The molecule has 78 valence electrons. The van der Waals surface area contributed by atoms with Crippen molar-refractivity contribution in [2.75, 3.05) is 0 Å². The number of hydrogen-bond donors (Lipinski definition) is 0. The molecule has 0 aliphatic heterocycles. The van der Waals surface area contributed by atoms with Gasteiger partial charge >= 0.3 is 0 Å². The Morgan fingerprint density at radius 1 is 1.31 bits per heavy atom. The van der Waals surface area contributed by atoms with E-state index in [4.69, 9.17) is 0 Å². The van der Waals surface area contributed by atoms with Gasteiger partial charge in [-0.2, -0.15) is 0 Å². The number of hydrogen-bond acceptors (Lipinski definition) is 0. The predicted octanol–water partition coefficient (Wildman–Crippen LogP) is 4.25. The Hall–Kier alpha value is -0.140. The lowest BCUT2D eigenvalue weighted by Crippen LogP contribution is -2.44. The summed E-state index contributed by atoms with van der Waals surface area (Å²) in [6.45, 7) is 6.41. The van der Waals surface area contributed by atoms with Crippen molar-refractivity contribution >= 4 is 0 Å². The topological polar surface area (TPSA) is 0 Å². The SMILES string of the molecule is CCCC(C)(CC)C1CC(F)(F)C1. The zero-order valence-corrected chi connectivity index (χ0v) is 8.87. The average Bonchev–Trinajstić information content (AvgIpc) is 2.00. The molecule has 0 saturated heterocycles. The molecule has 1 unspecified atom stereocenters. The molecule has 13 heavy (non-hydrogen) atoms. The van der Waals surface area contributed by atoms with Crippen molar-refractivity contribution in [3.63, 3.8) is 0 Å². The molecule has 0 nitrogen and oxygen atoms in total. The van der Waals surface area contributed by atoms with Crippen molar-refractivity contribution < 1.29 is 8.78 Å². The maximum Gasteiger partial charge on any atom is 0.248 e. The molecule has 2 heteroatoms. The van der Waals surface area contributed by atoms with E-state index in [1.54, 1.807) is 0 Å². The highest BCUT2D eigenvalue weighted by Crippen LogP contribution is 2.53. The molecular weight excluding hydrogens is 170 g/mol. The first kappa shape index (κ1) is 10.9. The van der Waals surface area contributed by atoms with Crippen LogP contribution in [0.1, 0.15) is 52.9 Å². The highest BCUT2D eigenvalue weighted by molar-refractivity contribution is 4.95. The second kappa shape index (κ2) is 3.55. The Labute approximate surface area is 79.7 Å². The Bertz CT molecular complexity index is 169. The van der Waals surface area contributed by atoms with Crippen molar-refractivity contribution in [3.05, 3.63) is 0 Å². The van der Waals surface area contributed by atoms with Crippen LogP contribution in [-0.2, 0) is 0 Å². The largest absolute Gasteiger partial charge is 0.248 e. The van der Waals surface area contributed by atoms with Gasteiger partial charge in [0.25, 0.3) is 0 Å². The summed E-state index contributed by atoms with van der Waals surface area (Å²) in [4.78, 5) is 0. The second-order valence-electron chi connectivity index (χ2n) is 4.72. The number of halogens is 2. The van der Waals surface area contributed by atoms with Gasteiger partial charge in [0, 0.05) is 12.8 Å². The third kappa shape index (κ3) is 2.21. The average molecular weight is 190 g/mol. The molecule has 0 amide bonds. The third-order valence-corrected chi connectivity index (χ3v) is 3.70. The zero-order valence-electron chi connectivity index (χ0n) is 8.87. The van der Waals surface area contributed by atoms with Crippen molar-refractivity contribution in [1.29, 1.82) is 0 Å².